The van der Waals surface area contributed by atoms with Crippen molar-refractivity contribution in [2.24, 2.45) is 0 Å². The van der Waals surface area contributed by atoms with Gasteiger partial charge in [-0.1, -0.05) is 59.6 Å². The van der Waals surface area contributed by atoms with E-state index in [1.54, 1.807) is 50.2 Å². The fourth-order valence-corrected chi connectivity index (χ4v) is 4.67. The van der Waals surface area contributed by atoms with E-state index in [0.29, 0.717) is 32.5 Å². The minimum atomic E-state index is -0.967. The van der Waals surface area contributed by atoms with Crippen LogP contribution in [-0.4, -0.2) is 23.8 Å². The smallest absolute Gasteiger partial charge is 0.256 e. The van der Waals surface area contributed by atoms with Crippen LogP contribution in [0.1, 0.15) is 30.9 Å². The Morgan fingerprint density at radius 3 is 2.56 bits per heavy atom. The monoisotopic (exact) mass is 495 g/mol. The van der Waals surface area contributed by atoms with Crippen LogP contribution < -0.4 is 16.0 Å². The van der Waals surface area contributed by atoms with Gasteiger partial charge in [-0.2, -0.15) is 0 Å². The molecule has 3 N–H and O–H groups in total. The molecule has 2 atom stereocenters. The molecule has 0 saturated heterocycles. The second kappa shape index (κ2) is 9.49. The summed E-state index contributed by atoms with van der Waals surface area (Å²) >= 11 is 12.1. The number of halogens is 2. The molecule has 34 heavy (non-hydrogen) atoms. The first-order valence-corrected chi connectivity index (χ1v) is 11.5. The van der Waals surface area contributed by atoms with E-state index < -0.39 is 23.8 Å². The minimum Gasteiger partial charge on any atom is -0.398 e. The van der Waals surface area contributed by atoms with Gasteiger partial charge in [0, 0.05) is 21.3 Å². The molecule has 1 heterocycles. The first-order chi connectivity index (χ1) is 16.2. The van der Waals surface area contributed by atoms with Gasteiger partial charge in [0.1, 0.15) is 6.04 Å². The number of nitrogens with one attached hydrogen (secondary N) is 1. The maximum atomic E-state index is 13.5. The molecule has 6 nitrogen and oxygen atoms in total. The molecular formula is C26H23Cl2N3O3. The van der Waals surface area contributed by atoms with Crippen LogP contribution in [-0.2, 0) is 20.8 Å². The van der Waals surface area contributed by atoms with Gasteiger partial charge >= 0.3 is 0 Å². The standard InChI is InChI=1S/C26H23Cl2N3O3/c1-14-18-6-3-4-7-19(18)24-21(29)8-5-9-22(24)31(25(14)33)26(34)15(2)30-23(32)12-16-10-11-17(27)13-20(16)28/h3-11,13-15H,12,29H2,1-2H3,(H,30,32)/t14?,15-/m0/s1. The Bertz CT molecular complexity index is 1310. The summed E-state index contributed by atoms with van der Waals surface area (Å²) in [4.78, 5) is 40.8. The topological polar surface area (TPSA) is 92.5 Å². The molecule has 3 amide bonds. The van der Waals surface area contributed by atoms with E-state index in [1.165, 1.54) is 0 Å². The van der Waals surface area contributed by atoms with Crippen molar-refractivity contribution in [3.63, 3.8) is 0 Å². The van der Waals surface area contributed by atoms with Crippen molar-refractivity contribution in [3.05, 3.63) is 81.8 Å². The lowest BCUT2D eigenvalue weighted by atomic mass is 9.92. The number of carbonyl (C=O) groups excluding carboxylic acids is 3. The molecule has 1 aliphatic rings. The molecule has 0 aliphatic carbocycles. The summed E-state index contributed by atoms with van der Waals surface area (Å²) in [5.74, 6) is -1.92. The summed E-state index contributed by atoms with van der Waals surface area (Å²) in [5, 5.41) is 3.51. The molecule has 3 aromatic carbocycles. The van der Waals surface area contributed by atoms with Crippen LogP contribution >= 0.6 is 23.2 Å². The van der Waals surface area contributed by atoms with Crippen molar-refractivity contribution in [1.29, 1.82) is 0 Å². The van der Waals surface area contributed by atoms with Gasteiger partial charge in [-0.05, 0) is 54.8 Å². The van der Waals surface area contributed by atoms with Gasteiger partial charge in [-0.25, -0.2) is 4.90 Å². The van der Waals surface area contributed by atoms with Gasteiger partial charge in [-0.15, -0.1) is 0 Å². The zero-order valence-corrected chi connectivity index (χ0v) is 20.2. The summed E-state index contributed by atoms with van der Waals surface area (Å²) in [6.07, 6.45) is -0.0348. The Labute approximate surface area is 207 Å². The lowest BCUT2D eigenvalue weighted by Crippen LogP contribution is -2.50. The van der Waals surface area contributed by atoms with Crippen molar-refractivity contribution < 1.29 is 14.4 Å². The predicted octanol–water partition coefficient (Wildman–Crippen LogP) is 4.97. The number of benzene rings is 3. The zero-order chi connectivity index (χ0) is 24.6. The highest BCUT2D eigenvalue weighted by Crippen LogP contribution is 2.44. The molecular weight excluding hydrogens is 473 g/mol. The summed E-state index contributed by atoms with van der Waals surface area (Å²) in [6.45, 7) is 3.31. The maximum Gasteiger partial charge on any atom is 0.256 e. The molecule has 3 aromatic rings. The van der Waals surface area contributed by atoms with Gasteiger partial charge in [-0.3, -0.25) is 14.4 Å². The average Bonchev–Trinajstić information content (AvgIpc) is 2.89. The van der Waals surface area contributed by atoms with Crippen molar-refractivity contribution in [2.45, 2.75) is 32.2 Å². The largest absolute Gasteiger partial charge is 0.398 e. The Hall–Kier alpha value is -3.35. The van der Waals surface area contributed by atoms with E-state index >= 15 is 0 Å². The fourth-order valence-electron chi connectivity index (χ4n) is 4.20. The Kier molecular flexibility index (Phi) is 6.64. The maximum absolute atomic E-state index is 13.5. The Morgan fingerprint density at radius 1 is 1.09 bits per heavy atom. The van der Waals surface area contributed by atoms with Crippen LogP contribution in [0.2, 0.25) is 10.0 Å². The number of imide groups is 1. The summed E-state index contributed by atoms with van der Waals surface area (Å²) in [7, 11) is 0. The second-order valence-electron chi connectivity index (χ2n) is 8.26. The SMILES string of the molecule is CC1C(=O)N(C(=O)[C@H](C)NC(=O)Cc2ccc(Cl)cc2Cl)c2cccc(N)c2-c2ccccc21. The van der Waals surface area contributed by atoms with Crippen LogP contribution in [0.25, 0.3) is 11.1 Å². The number of fused-ring (bicyclic) bond motifs is 3. The number of hydrogen-bond donors (Lipinski definition) is 2. The number of hydrogen-bond acceptors (Lipinski definition) is 4. The predicted molar refractivity (Wildman–Crippen MR) is 135 cm³/mol. The normalized spacial score (nSPS) is 15.7. The molecule has 0 saturated carbocycles. The minimum absolute atomic E-state index is 0.0348. The molecule has 8 heteroatoms. The van der Waals surface area contributed by atoms with Gasteiger partial charge in [0.15, 0.2) is 0 Å². The summed E-state index contributed by atoms with van der Waals surface area (Å²) in [6, 6.07) is 16.5. The van der Waals surface area contributed by atoms with E-state index in [2.05, 4.69) is 5.32 Å². The van der Waals surface area contributed by atoms with Crippen molar-refractivity contribution >= 4 is 52.3 Å². The van der Waals surface area contributed by atoms with E-state index in [0.717, 1.165) is 16.0 Å². The van der Waals surface area contributed by atoms with Gasteiger partial charge < -0.3 is 11.1 Å². The van der Waals surface area contributed by atoms with Crippen LogP contribution in [0, 0.1) is 0 Å². The van der Waals surface area contributed by atoms with Crippen LogP contribution in [0.3, 0.4) is 0 Å². The fraction of sp³-hybridized carbons (Fsp3) is 0.192. The zero-order valence-electron chi connectivity index (χ0n) is 18.6. The number of nitrogens with two attached hydrogens (primary N) is 1. The number of anilines is 2. The molecule has 0 bridgehead atoms. The molecule has 1 unspecified atom stereocenters. The number of rotatable bonds is 4. The molecule has 0 aromatic heterocycles. The highest BCUT2D eigenvalue weighted by atomic mass is 35.5. The average molecular weight is 496 g/mol. The number of amides is 3. The third kappa shape index (κ3) is 4.39. The van der Waals surface area contributed by atoms with E-state index in [-0.39, 0.29) is 12.3 Å². The molecule has 1 aliphatic heterocycles. The second-order valence-corrected chi connectivity index (χ2v) is 9.11. The quantitative estimate of drug-likeness (QED) is 0.499. The molecule has 0 radical (unpaired) electrons. The Balaban J connectivity index is 1.64. The molecule has 174 valence electrons. The lowest BCUT2D eigenvalue weighted by Gasteiger charge is -2.26. The summed E-state index contributed by atoms with van der Waals surface area (Å²) in [5.41, 5.74) is 9.95. The molecule has 0 fully saturated rings. The summed E-state index contributed by atoms with van der Waals surface area (Å²) < 4.78 is 0. The molecule has 0 spiro atoms. The van der Waals surface area contributed by atoms with Crippen LogP contribution in [0.4, 0.5) is 11.4 Å². The first kappa shape index (κ1) is 23.8. The number of nitrogens with zero attached hydrogens (tertiary/aromatic N) is 1. The van der Waals surface area contributed by atoms with E-state index in [4.69, 9.17) is 28.9 Å². The lowest BCUT2D eigenvalue weighted by molar-refractivity contribution is -0.131. The van der Waals surface area contributed by atoms with Gasteiger partial charge in [0.25, 0.3) is 5.91 Å². The number of nitrogen functional groups attached to an aromatic ring is 1. The van der Waals surface area contributed by atoms with E-state index in [9.17, 15) is 14.4 Å². The van der Waals surface area contributed by atoms with Crippen molar-refractivity contribution in [1.82, 2.24) is 5.32 Å². The van der Waals surface area contributed by atoms with Gasteiger partial charge in [0.05, 0.1) is 18.0 Å². The third-order valence-electron chi connectivity index (χ3n) is 5.94. The highest BCUT2D eigenvalue weighted by molar-refractivity contribution is 6.35. The van der Waals surface area contributed by atoms with Crippen LogP contribution in [0.15, 0.2) is 60.7 Å². The first-order valence-electron chi connectivity index (χ1n) is 10.8. The molecule has 4 rings (SSSR count). The third-order valence-corrected chi connectivity index (χ3v) is 6.52. The highest BCUT2D eigenvalue weighted by Gasteiger charge is 2.37. The van der Waals surface area contributed by atoms with Crippen LogP contribution in [0.5, 0.6) is 0 Å². The number of carbonyl (C=O) groups is 3. The van der Waals surface area contributed by atoms with Crippen molar-refractivity contribution in [3.8, 4) is 11.1 Å². The van der Waals surface area contributed by atoms with E-state index in [1.807, 2.05) is 24.3 Å². The van der Waals surface area contributed by atoms with Crippen molar-refractivity contribution in [2.75, 3.05) is 10.6 Å². The van der Waals surface area contributed by atoms with Gasteiger partial charge in [0.2, 0.25) is 11.8 Å². The Morgan fingerprint density at radius 2 is 1.82 bits per heavy atom.